The second kappa shape index (κ2) is 9.68. The van der Waals surface area contributed by atoms with Gasteiger partial charge in [0, 0.05) is 23.8 Å². The number of aliphatic imine (C=N–C) groups is 1. The average molecular weight is 432 g/mol. The third-order valence-corrected chi connectivity index (χ3v) is 5.57. The quantitative estimate of drug-likeness (QED) is 0.471. The van der Waals surface area contributed by atoms with Gasteiger partial charge in [-0.3, -0.25) is 4.99 Å². The highest BCUT2D eigenvalue weighted by Crippen LogP contribution is 2.29. The highest BCUT2D eigenvalue weighted by Gasteiger charge is 2.12. The summed E-state index contributed by atoms with van der Waals surface area (Å²) in [7, 11) is 0. The molecule has 0 saturated carbocycles. The lowest BCUT2D eigenvalue weighted by molar-refractivity contribution is 0.216. The lowest BCUT2D eigenvalue weighted by Crippen LogP contribution is -2.35. The smallest absolute Gasteiger partial charge is 0.273 e. The largest absolute Gasteiger partial charge is 0.490 e. The molecule has 10 heteroatoms. The molecular weight excluding hydrogens is 410 g/mol. The van der Waals surface area contributed by atoms with Crippen molar-refractivity contribution in [3.8, 4) is 22.3 Å². The van der Waals surface area contributed by atoms with Gasteiger partial charge in [0.15, 0.2) is 11.1 Å². The van der Waals surface area contributed by atoms with Gasteiger partial charge in [-0.05, 0) is 24.1 Å². The van der Waals surface area contributed by atoms with E-state index in [4.69, 9.17) is 14.6 Å². The molecule has 3 N–H and O–H groups in total. The van der Waals surface area contributed by atoms with Crippen LogP contribution in [0.25, 0.3) is 11.4 Å². The van der Waals surface area contributed by atoms with Gasteiger partial charge in [0.2, 0.25) is 0 Å². The van der Waals surface area contributed by atoms with Crippen molar-refractivity contribution in [3.05, 3.63) is 40.6 Å². The van der Waals surface area contributed by atoms with Crippen LogP contribution in [-0.4, -0.2) is 47.3 Å². The normalized spacial score (nSPS) is 13.5. The fourth-order valence-corrected chi connectivity index (χ4v) is 3.98. The average Bonchev–Trinajstić information content (AvgIpc) is 3.42. The van der Waals surface area contributed by atoms with Gasteiger partial charge >= 0.3 is 0 Å². The van der Waals surface area contributed by atoms with E-state index in [2.05, 4.69) is 25.6 Å². The third-order valence-electron chi connectivity index (χ3n) is 4.06. The Kier molecular flexibility index (Phi) is 6.55. The number of ether oxygens (including phenoxy) is 2. The van der Waals surface area contributed by atoms with Crippen molar-refractivity contribution in [1.29, 1.82) is 0 Å². The van der Waals surface area contributed by atoms with Crippen molar-refractivity contribution in [2.24, 2.45) is 4.99 Å². The summed E-state index contributed by atoms with van der Waals surface area (Å²) in [6, 6.07) is 7.32. The third kappa shape index (κ3) is 5.43. The van der Waals surface area contributed by atoms with Gasteiger partial charge < -0.3 is 25.2 Å². The molecule has 0 saturated heterocycles. The van der Waals surface area contributed by atoms with Crippen molar-refractivity contribution >= 4 is 33.8 Å². The van der Waals surface area contributed by atoms with Crippen molar-refractivity contribution in [2.75, 3.05) is 31.6 Å². The first-order valence-corrected chi connectivity index (χ1v) is 11.0. The van der Waals surface area contributed by atoms with Gasteiger partial charge in [0.05, 0.1) is 6.61 Å². The van der Waals surface area contributed by atoms with E-state index in [0.29, 0.717) is 18.4 Å². The lowest BCUT2D eigenvalue weighted by atomic mass is 10.2. The van der Waals surface area contributed by atoms with E-state index < -0.39 is 0 Å². The number of aliphatic hydroxyl groups excluding tert-OH is 1. The summed E-state index contributed by atoms with van der Waals surface area (Å²) in [5.41, 5.74) is 2.45. The van der Waals surface area contributed by atoms with Crippen LogP contribution in [0.4, 0.5) is 5.13 Å². The van der Waals surface area contributed by atoms with E-state index in [9.17, 15) is 0 Å². The van der Waals surface area contributed by atoms with E-state index in [1.165, 1.54) is 22.7 Å². The first-order chi connectivity index (χ1) is 14.3. The van der Waals surface area contributed by atoms with Gasteiger partial charge in [0.1, 0.15) is 30.4 Å². The maximum Gasteiger partial charge on any atom is 0.273 e. The van der Waals surface area contributed by atoms with Crippen LogP contribution in [0.15, 0.2) is 40.0 Å². The zero-order valence-electron chi connectivity index (χ0n) is 15.6. The molecule has 3 aromatic rings. The Morgan fingerprint density at radius 2 is 1.83 bits per heavy atom. The highest BCUT2D eigenvalue weighted by atomic mass is 32.1. The number of guanidine groups is 1. The Hall–Kier alpha value is -2.69. The number of rotatable bonds is 8. The molecule has 0 amide bonds. The molecule has 4 rings (SSSR count). The SMILES string of the molecule is OCc1ccc(OCCOc2nc(-c3csc(NC4=NCCCN4)n3)cs2)cc1. The molecule has 0 radical (unpaired) electrons. The van der Waals surface area contributed by atoms with Gasteiger partial charge in [-0.2, -0.15) is 0 Å². The Morgan fingerprint density at radius 3 is 2.62 bits per heavy atom. The summed E-state index contributed by atoms with van der Waals surface area (Å²) in [5.74, 6) is 1.51. The second-order valence-electron chi connectivity index (χ2n) is 6.17. The number of hydrogen-bond donors (Lipinski definition) is 3. The predicted octanol–water partition coefficient (Wildman–Crippen LogP) is 2.98. The first kappa shape index (κ1) is 19.6. The van der Waals surface area contributed by atoms with Crippen LogP contribution in [0, 0.1) is 0 Å². The van der Waals surface area contributed by atoms with E-state index >= 15 is 0 Å². The standard InChI is InChI=1S/C19H21N5O3S2/c25-10-13-2-4-14(5-3-13)26-8-9-27-19-23-16(12-29-19)15-11-28-18(22-15)24-17-20-6-1-7-21-17/h2-5,11-12,25H,1,6-10H2,(H2,20,21,22,24). The second-order valence-corrected chi connectivity index (χ2v) is 7.85. The molecule has 2 aromatic heterocycles. The first-order valence-electron chi connectivity index (χ1n) is 9.22. The molecular formula is C19H21N5O3S2. The number of anilines is 1. The molecule has 8 nitrogen and oxygen atoms in total. The number of thiazole rings is 2. The zero-order valence-corrected chi connectivity index (χ0v) is 17.3. The summed E-state index contributed by atoms with van der Waals surface area (Å²) in [5, 5.41) is 20.7. The van der Waals surface area contributed by atoms with Crippen molar-refractivity contribution in [3.63, 3.8) is 0 Å². The fraction of sp³-hybridized carbons (Fsp3) is 0.316. The van der Waals surface area contributed by atoms with Gasteiger partial charge in [0.25, 0.3) is 5.19 Å². The number of nitrogens with one attached hydrogen (secondary N) is 2. The Bertz CT molecular complexity index is 955. The van der Waals surface area contributed by atoms with E-state index in [1.807, 2.05) is 35.0 Å². The maximum atomic E-state index is 9.05. The Labute approximate surface area is 176 Å². The molecule has 0 bridgehead atoms. The molecule has 0 unspecified atom stereocenters. The summed E-state index contributed by atoms with van der Waals surface area (Å²) in [6.07, 6.45) is 1.05. The van der Waals surface area contributed by atoms with Crippen LogP contribution in [-0.2, 0) is 6.61 Å². The summed E-state index contributed by atoms with van der Waals surface area (Å²) in [4.78, 5) is 13.4. The van der Waals surface area contributed by atoms with E-state index in [-0.39, 0.29) is 6.61 Å². The molecule has 0 atom stereocenters. The molecule has 152 valence electrons. The minimum absolute atomic E-state index is 0.0257. The lowest BCUT2D eigenvalue weighted by Gasteiger charge is -2.13. The Balaban J connectivity index is 1.25. The molecule has 1 aromatic carbocycles. The fourth-order valence-electron chi connectivity index (χ4n) is 2.59. The molecule has 0 spiro atoms. The molecule has 1 aliphatic heterocycles. The minimum Gasteiger partial charge on any atom is -0.490 e. The monoisotopic (exact) mass is 431 g/mol. The summed E-state index contributed by atoms with van der Waals surface area (Å²) < 4.78 is 11.3. The molecule has 1 aliphatic rings. The topological polar surface area (TPSA) is 101 Å². The molecule has 0 fully saturated rings. The van der Waals surface area contributed by atoms with Gasteiger partial charge in [-0.1, -0.05) is 23.5 Å². The summed E-state index contributed by atoms with van der Waals surface area (Å²) >= 11 is 2.95. The molecule has 3 heterocycles. The van der Waals surface area contributed by atoms with Crippen molar-refractivity contribution in [2.45, 2.75) is 13.0 Å². The van der Waals surface area contributed by atoms with Crippen LogP contribution in [0.3, 0.4) is 0 Å². The van der Waals surface area contributed by atoms with Crippen LogP contribution < -0.4 is 20.1 Å². The van der Waals surface area contributed by atoms with E-state index in [0.717, 1.165) is 53.3 Å². The zero-order chi connectivity index (χ0) is 19.9. The number of aliphatic hydroxyl groups is 1. The predicted molar refractivity (Wildman–Crippen MR) is 115 cm³/mol. The minimum atomic E-state index is 0.0257. The van der Waals surface area contributed by atoms with Crippen LogP contribution >= 0.6 is 22.7 Å². The highest BCUT2D eigenvalue weighted by molar-refractivity contribution is 7.14. The van der Waals surface area contributed by atoms with Crippen molar-refractivity contribution < 1.29 is 14.6 Å². The van der Waals surface area contributed by atoms with E-state index in [1.54, 1.807) is 0 Å². The van der Waals surface area contributed by atoms with Crippen LogP contribution in [0.5, 0.6) is 10.9 Å². The van der Waals surface area contributed by atoms with Gasteiger partial charge in [-0.25, -0.2) is 9.97 Å². The molecule has 0 aliphatic carbocycles. The number of aromatic nitrogens is 2. The van der Waals surface area contributed by atoms with Crippen molar-refractivity contribution in [1.82, 2.24) is 15.3 Å². The number of nitrogens with zero attached hydrogens (tertiary/aromatic N) is 3. The molecule has 29 heavy (non-hydrogen) atoms. The maximum absolute atomic E-state index is 9.05. The van der Waals surface area contributed by atoms with Crippen LogP contribution in [0.2, 0.25) is 0 Å². The number of benzene rings is 1. The number of hydrogen-bond acceptors (Lipinski definition) is 10. The van der Waals surface area contributed by atoms with Gasteiger partial charge in [-0.15, -0.1) is 11.3 Å². The Morgan fingerprint density at radius 1 is 1.03 bits per heavy atom. The summed E-state index contributed by atoms with van der Waals surface area (Å²) in [6.45, 7) is 2.59. The van der Waals surface area contributed by atoms with Crippen LogP contribution in [0.1, 0.15) is 12.0 Å².